The fraction of sp³-hybridized carbons (Fsp3) is 0.743. The number of cyclic esters (lactones) is 1. The first-order valence-corrected chi connectivity index (χ1v) is 16.9. The van der Waals surface area contributed by atoms with Crippen LogP contribution in [-0.4, -0.2) is 86.1 Å². The molecule has 45 heavy (non-hydrogen) atoms. The van der Waals surface area contributed by atoms with Crippen LogP contribution in [0.2, 0.25) is 0 Å². The van der Waals surface area contributed by atoms with Gasteiger partial charge in [-0.3, -0.25) is 9.98 Å². The number of aliphatic imine (C=N–C) groups is 1. The highest BCUT2D eigenvalue weighted by Crippen LogP contribution is 2.70. The molecule has 10 heteroatoms. The van der Waals surface area contributed by atoms with E-state index in [1.54, 1.807) is 19.2 Å². The minimum Gasteiger partial charge on any atom is -0.458 e. The molecule has 1 aromatic rings. The zero-order valence-electron chi connectivity index (χ0n) is 26.4. The van der Waals surface area contributed by atoms with Crippen LogP contribution in [0, 0.1) is 28.6 Å². The standard InChI is InChI=1S/C35H48N2O8/c1-21-31(40)28(38)16-30(44-21)45-24-6-11-33(20-36-18-23-5-3-4-14-37-23)26-7-10-32(2)25(22-15-29(39)43-19-22)9-13-35(32,42)27(26)8-12-34(33,41)17-24/h3-5,14-15,20-21,24-28,30-31,38,40-42H,6-13,16-19H2,1-2H3/t21-,24+,25+,26-,27+,28+,30+,31+,32-,33+,34-,35+/m1/s1. The van der Waals surface area contributed by atoms with Gasteiger partial charge in [-0.05, 0) is 93.7 Å². The predicted molar refractivity (Wildman–Crippen MR) is 164 cm³/mol. The number of pyridine rings is 1. The Morgan fingerprint density at radius 3 is 2.64 bits per heavy atom. The number of aliphatic hydroxyl groups is 4. The average Bonchev–Trinajstić information content (AvgIpc) is 3.56. The number of nitrogens with zero attached hydrogens (tertiary/aromatic N) is 2. The summed E-state index contributed by atoms with van der Waals surface area (Å²) in [4.78, 5) is 21.4. The van der Waals surface area contributed by atoms with E-state index in [0.717, 1.165) is 30.5 Å². The van der Waals surface area contributed by atoms with E-state index in [4.69, 9.17) is 19.2 Å². The maximum absolute atomic E-state index is 12.7. The van der Waals surface area contributed by atoms with Crippen molar-refractivity contribution in [3.05, 3.63) is 41.7 Å². The van der Waals surface area contributed by atoms with E-state index in [1.807, 2.05) is 24.4 Å². The third kappa shape index (κ3) is 5.02. The van der Waals surface area contributed by atoms with Crippen molar-refractivity contribution < 1.29 is 39.4 Å². The molecule has 0 bridgehead atoms. The molecule has 3 heterocycles. The van der Waals surface area contributed by atoms with Gasteiger partial charge in [-0.15, -0.1) is 0 Å². The normalized spacial score (nSPS) is 48.0. The van der Waals surface area contributed by atoms with E-state index in [-0.39, 0.29) is 41.7 Å². The fourth-order valence-electron chi connectivity index (χ4n) is 10.6. The molecule has 246 valence electrons. The van der Waals surface area contributed by atoms with Gasteiger partial charge in [-0.1, -0.05) is 13.0 Å². The number of hydrogen-bond acceptors (Lipinski definition) is 10. The summed E-state index contributed by atoms with van der Waals surface area (Å²) in [5.74, 6) is -0.181. The van der Waals surface area contributed by atoms with Crippen molar-refractivity contribution in [1.29, 1.82) is 0 Å². The Balaban J connectivity index is 1.17. The molecule has 6 aliphatic rings. The highest BCUT2D eigenvalue weighted by molar-refractivity contribution is 5.85. The molecule has 0 aromatic carbocycles. The van der Waals surface area contributed by atoms with Gasteiger partial charge in [0, 0.05) is 42.2 Å². The third-order valence-electron chi connectivity index (χ3n) is 12.9. The summed E-state index contributed by atoms with van der Waals surface area (Å²) in [6.07, 6.45) is 8.31. The van der Waals surface area contributed by atoms with E-state index in [1.165, 1.54) is 0 Å². The number of hydrogen-bond donors (Lipinski definition) is 4. The zero-order valence-corrected chi connectivity index (χ0v) is 26.4. The van der Waals surface area contributed by atoms with E-state index >= 15 is 0 Å². The second-order valence-corrected chi connectivity index (χ2v) is 15.0. The van der Waals surface area contributed by atoms with Crippen LogP contribution in [0.3, 0.4) is 0 Å². The summed E-state index contributed by atoms with van der Waals surface area (Å²) in [7, 11) is 0. The number of fused-ring (bicyclic) bond motifs is 5. The van der Waals surface area contributed by atoms with Crippen LogP contribution >= 0.6 is 0 Å². The van der Waals surface area contributed by atoms with Crippen molar-refractivity contribution in [3.63, 3.8) is 0 Å². The van der Waals surface area contributed by atoms with Crippen molar-refractivity contribution in [1.82, 2.24) is 4.98 Å². The molecule has 0 radical (unpaired) electrons. The smallest absolute Gasteiger partial charge is 0.331 e. The number of esters is 1. The van der Waals surface area contributed by atoms with Crippen LogP contribution in [0.15, 0.2) is 41.0 Å². The second kappa shape index (κ2) is 11.5. The predicted octanol–water partition coefficient (Wildman–Crippen LogP) is 3.25. The number of aliphatic hydroxyl groups excluding tert-OH is 2. The Labute approximate surface area is 264 Å². The molecule has 0 spiro atoms. The molecule has 12 atom stereocenters. The lowest BCUT2D eigenvalue weighted by atomic mass is 9.41. The maximum atomic E-state index is 12.7. The molecule has 10 nitrogen and oxygen atoms in total. The Bertz CT molecular complexity index is 1330. The fourth-order valence-corrected chi connectivity index (χ4v) is 10.6. The van der Waals surface area contributed by atoms with E-state index < -0.39 is 41.2 Å². The van der Waals surface area contributed by atoms with Crippen molar-refractivity contribution in [3.8, 4) is 0 Å². The molecule has 0 unspecified atom stereocenters. The van der Waals surface area contributed by atoms with Crippen LogP contribution in [0.1, 0.15) is 83.7 Å². The van der Waals surface area contributed by atoms with Gasteiger partial charge in [0.25, 0.3) is 0 Å². The van der Waals surface area contributed by atoms with Crippen LogP contribution in [0.5, 0.6) is 0 Å². The number of ether oxygens (including phenoxy) is 3. The number of aromatic nitrogens is 1. The van der Waals surface area contributed by atoms with Crippen LogP contribution in [-0.2, 0) is 25.5 Å². The van der Waals surface area contributed by atoms with E-state index in [9.17, 15) is 25.2 Å². The molecule has 5 fully saturated rings. The minimum absolute atomic E-state index is 0.0157. The molecule has 7 rings (SSSR count). The van der Waals surface area contributed by atoms with E-state index in [2.05, 4.69) is 11.9 Å². The highest BCUT2D eigenvalue weighted by atomic mass is 16.7. The van der Waals surface area contributed by atoms with Gasteiger partial charge >= 0.3 is 5.97 Å². The SMILES string of the molecule is C[C@H]1O[C@@H](O[C@H]2CC[C@]3(C=NCc4ccccn4)[C@@H]4CC[C@]5(C)[C@H](C6=CC(=O)OC6)CC[C@]5(O)[C@H]4CC[C@@]3(O)C2)C[C@H](O)[C@H]1O. The van der Waals surface area contributed by atoms with Gasteiger partial charge in [0.15, 0.2) is 6.29 Å². The van der Waals surface area contributed by atoms with Gasteiger partial charge in [0.05, 0.1) is 41.8 Å². The molecule has 1 aromatic heterocycles. The molecule has 4 N–H and O–H groups in total. The highest BCUT2D eigenvalue weighted by Gasteiger charge is 2.71. The van der Waals surface area contributed by atoms with Crippen molar-refractivity contribution >= 4 is 12.2 Å². The molecular formula is C35H48N2O8. The number of carbonyl (C=O) groups excluding carboxylic acids is 1. The quantitative estimate of drug-likeness (QED) is 0.212. The molecule has 4 aliphatic carbocycles. The number of rotatable bonds is 6. The van der Waals surface area contributed by atoms with Gasteiger partial charge in [0.1, 0.15) is 12.7 Å². The first-order valence-electron chi connectivity index (χ1n) is 16.9. The molecule has 1 saturated heterocycles. The largest absolute Gasteiger partial charge is 0.458 e. The molecule has 0 amide bonds. The third-order valence-corrected chi connectivity index (χ3v) is 12.9. The van der Waals surface area contributed by atoms with Gasteiger partial charge in [0.2, 0.25) is 0 Å². The van der Waals surface area contributed by atoms with Crippen molar-refractivity contribution in [2.45, 2.75) is 127 Å². The first kappa shape index (κ1) is 31.4. The van der Waals surface area contributed by atoms with Crippen LogP contribution in [0.25, 0.3) is 0 Å². The monoisotopic (exact) mass is 624 g/mol. The summed E-state index contributed by atoms with van der Waals surface area (Å²) >= 11 is 0. The zero-order chi connectivity index (χ0) is 31.6. The average molecular weight is 625 g/mol. The van der Waals surface area contributed by atoms with Crippen LogP contribution in [0.4, 0.5) is 0 Å². The van der Waals surface area contributed by atoms with E-state index in [0.29, 0.717) is 51.7 Å². The van der Waals surface area contributed by atoms with Gasteiger partial charge in [-0.25, -0.2) is 4.79 Å². The lowest BCUT2D eigenvalue weighted by Gasteiger charge is -2.66. The summed E-state index contributed by atoms with van der Waals surface area (Å²) in [5.41, 5.74) is -1.19. The minimum atomic E-state index is -1.10. The first-order chi connectivity index (χ1) is 21.5. The second-order valence-electron chi connectivity index (χ2n) is 15.0. The summed E-state index contributed by atoms with van der Waals surface area (Å²) in [5, 5.41) is 45.9. The summed E-state index contributed by atoms with van der Waals surface area (Å²) in [6.45, 7) is 4.66. The number of carbonyl (C=O) groups is 1. The lowest BCUT2D eigenvalue weighted by Crippen LogP contribution is -2.69. The Hall–Kier alpha value is -2.21. The molecular weight excluding hydrogens is 576 g/mol. The van der Waals surface area contributed by atoms with Crippen LogP contribution < -0.4 is 0 Å². The topological polar surface area (TPSA) is 151 Å². The Morgan fingerprint density at radius 1 is 1.09 bits per heavy atom. The van der Waals surface area contributed by atoms with Crippen molar-refractivity contribution in [2.75, 3.05) is 6.61 Å². The summed E-state index contributed by atoms with van der Waals surface area (Å²) in [6, 6.07) is 5.78. The maximum Gasteiger partial charge on any atom is 0.331 e. The van der Waals surface area contributed by atoms with Gasteiger partial charge < -0.3 is 34.6 Å². The van der Waals surface area contributed by atoms with Gasteiger partial charge in [-0.2, -0.15) is 0 Å². The Kier molecular flexibility index (Phi) is 8.02. The lowest BCUT2D eigenvalue weighted by molar-refractivity contribution is -0.282. The molecule has 4 saturated carbocycles. The molecule has 2 aliphatic heterocycles. The Morgan fingerprint density at radius 2 is 1.91 bits per heavy atom. The van der Waals surface area contributed by atoms with Crippen molar-refractivity contribution in [2.24, 2.45) is 33.6 Å². The summed E-state index contributed by atoms with van der Waals surface area (Å²) < 4.78 is 17.5.